The lowest BCUT2D eigenvalue weighted by Crippen LogP contribution is -2.49. The second-order valence-electron chi connectivity index (χ2n) is 4.23. The van der Waals surface area contributed by atoms with Crippen LogP contribution in [-0.4, -0.2) is 40.1 Å². The van der Waals surface area contributed by atoms with Crippen LogP contribution >= 0.6 is 0 Å². The van der Waals surface area contributed by atoms with E-state index >= 15 is 0 Å². The van der Waals surface area contributed by atoms with Gasteiger partial charge in [0.15, 0.2) is 0 Å². The maximum Gasteiger partial charge on any atom is 0.326 e. The summed E-state index contributed by atoms with van der Waals surface area (Å²) >= 11 is 0. The molecule has 0 rings (SSSR count). The van der Waals surface area contributed by atoms with Crippen molar-refractivity contribution < 1.29 is 24.6 Å². The SMILES string of the molecule is CC(C)C[C@@H](N)C(=O)NC(CC(=O)O)C(=O)O. The van der Waals surface area contributed by atoms with Gasteiger partial charge in [-0.3, -0.25) is 9.59 Å². The second kappa shape index (κ2) is 6.85. The lowest BCUT2D eigenvalue weighted by atomic mass is 10.0. The third-order valence-electron chi connectivity index (χ3n) is 2.06. The minimum atomic E-state index is -1.45. The highest BCUT2D eigenvalue weighted by atomic mass is 16.4. The molecule has 5 N–H and O–H groups in total. The Morgan fingerprint density at radius 2 is 1.76 bits per heavy atom. The molecule has 0 aromatic rings. The molecule has 1 unspecified atom stereocenters. The van der Waals surface area contributed by atoms with Gasteiger partial charge in [0.25, 0.3) is 0 Å². The fraction of sp³-hybridized carbons (Fsp3) is 0.700. The number of carboxylic acids is 2. The number of nitrogens with two attached hydrogens (primary N) is 1. The molecular weight excluding hydrogens is 228 g/mol. The second-order valence-corrected chi connectivity index (χ2v) is 4.23. The fourth-order valence-corrected chi connectivity index (χ4v) is 1.27. The molecule has 0 heterocycles. The Hall–Kier alpha value is -1.63. The first-order valence-corrected chi connectivity index (χ1v) is 5.24. The predicted molar refractivity (Wildman–Crippen MR) is 59.2 cm³/mol. The van der Waals surface area contributed by atoms with E-state index in [9.17, 15) is 14.4 Å². The van der Waals surface area contributed by atoms with E-state index in [1.807, 2.05) is 13.8 Å². The monoisotopic (exact) mass is 246 g/mol. The van der Waals surface area contributed by atoms with Crippen LogP contribution in [0.3, 0.4) is 0 Å². The largest absolute Gasteiger partial charge is 0.481 e. The van der Waals surface area contributed by atoms with E-state index in [1.165, 1.54) is 0 Å². The number of rotatable bonds is 7. The van der Waals surface area contributed by atoms with Gasteiger partial charge in [-0.1, -0.05) is 13.8 Å². The van der Waals surface area contributed by atoms with Crippen LogP contribution in [0.1, 0.15) is 26.7 Å². The third kappa shape index (κ3) is 6.52. The van der Waals surface area contributed by atoms with Crippen molar-refractivity contribution >= 4 is 17.8 Å². The molecule has 0 radical (unpaired) electrons. The first kappa shape index (κ1) is 15.4. The van der Waals surface area contributed by atoms with E-state index in [1.54, 1.807) is 0 Å². The van der Waals surface area contributed by atoms with Gasteiger partial charge in [-0.05, 0) is 12.3 Å². The summed E-state index contributed by atoms with van der Waals surface area (Å²) in [4.78, 5) is 32.6. The molecule has 0 saturated carbocycles. The Kier molecular flexibility index (Phi) is 6.19. The van der Waals surface area contributed by atoms with Gasteiger partial charge in [0.05, 0.1) is 12.5 Å². The Morgan fingerprint density at radius 1 is 1.24 bits per heavy atom. The molecule has 7 nitrogen and oxygen atoms in total. The number of hydrogen-bond donors (Lipinski definition) is 4. The van der Waals surface area contributed by atoms with Gasteiger partial charge in [-0.25, -0.2) is 4.79 Å². The molecule has 0 aromatic heterocycles. The molecule has 2 atom stereocenters. The van der Waals surface area contributed by atoms with E-state index in [-0.39, 0.29) is 5.92 Å². The van der Waals surface area contributed by atoms with Crippen molar-refractivity contribution in [1.82, 2.24) is 5.32 Å². The summed E-state index contributed by atoms with van der Waals surface area (Å²) in [6.07, 6.45) is -0.263. The number of amides is 1. The first-order valence-electron chi connectivity index (χ1n) is 5.24. The number of aliphatic carboxylic acids is 2. The summed E-state index contributed by atoms with van der Waals surface area (Å²) in [6.45, 7) is 3.75. The van der Waals surface area contributed by atoms with Crippen molar-refractivity contribution in [3.8, 4) is 0 Å². The van der Waals surface area contributed by atoms with E-state index in [0.717, 1.165) is 0 Å². The highest BCUT2D eigenvalue weighted by Crippen LogP contribution is 2.03. The fourth-order valence-electron chi connectivity index (χ4n) is 1.27. The summed E-state index contributed by atoms with van der Waals surface area (Å²) in [7, 11) is 0. The van der Waals surface area contributed by atoms with Crippen molar-refractivity contribution in [2.75, 3.05) is 0 Å². The van der Waals surface area contributed by atoms with E-state index in [2.05, 4.69) is 5.32 Å². The van der Waals surface area contributed by atoms with Crippen LogP contribution in [0.15, 0.2) is 0 Å². The zero-order chi connectivity index (χ0) is 13.6. The zero-order valence-electron chi connectivity index (χ0n) is 9.84. The summed E-state index contributed by atoms with van der Waals surface area (Å²) in [6, 6.07) is -2.27. The van der Waals surface area contributed by atoms with Crippen molar-refractivity contribution in [2.45, 2.75) is 38.8 Å². The summed E-state index contributed by atoms with van der Waals surface area (Å²) < 4.78 is 0. The smallest absolute Gasteiger partial charge is 0.326 e. The summed E-state index contributed by atoms with van der Waals surface area (Å²) in [5.74, 6) is -3.14. The molecule has 7 heteroatoms. The lowest BCUT2D eigenvalue weighted by Gasteiger charge is -2.17. The molecule has 0 bridgehead atoms. The Morgan fingerprint density at radius 3 is 2.12 bits per heavy atom. The number of carboxylic acid groups (broad SMARTS) is 2. The van der Waals surface area contributed by atoms with Gasteiger partial charge >= 0.3 is 11.9 Å². The van der Waals surface area contributed by atoms with Gasteiger partial charge in [0, 0.05) is 0 Å². The number of hydrogen-bond acceptors (Lipinski definition) is 4. The number of nitrogens with one attached hydrogen (secondary N) is 1. The van der Waals surface area contributed by atoms with Crippen LogP contribution in [0, 0.1) is 5.92 Å². The van der Waals surface area contributed by atoms with Gasteiger partial charge in [0.1, 0.15) is 6.04 Å². The molecule has 0 fully saturated rings. The Bertz CT molecular complexity index is 303. The van der Waals surface area contributed by atoms with Crippen LogP contribution in [-0.2, 0) is 14.4 Å². The highest BCUT2D eigenvalue weighted by molar-refractivity contribution is 5.89. The maximum absolute atomic E-state index is 11.5. The van der Waals surface area contributed by atoms with Crippen molar-refractivity contribution in [3.05, 3.63) is 0 Å². The molecule has 0 aliphatic heterocycles. The zero-order valence-corrected chi connectivity index (χ0v) is 9.84. The van der Waals surface area contributed by atoms with Crippen LogP contribution in [0.2, 0.25) is 0 Å². The van der Waals surface area contributed by atoms with Gasteiger partial charge < -0.3 is 21.3 Å². The molecule has 0 aliphatic rings. The molecular formula is C10H18N2O5. The minimum Gasteiger partial charge on any atom is -0.481 e. The molecule has 0 spiro atoms. The minimum absolute atomic E-state index is 0.193. The molecule has 98 valence electrons. The highest BCUT2D eigenvalue weighted by Gasteiger charge is 2.25. The lowest BCUT2D eigenvalue weighted by molar-refractivity contribution is -0.147. The predicted octanol–water partition coefficient (Wildman–Crippen LogP) is -0.596. The van der Waals surface area contributed by atoms with E-state index in [4.69, 9.17) is 15.9 Å². The normalized spacial score (nSPS) is 14.1. The van der Waals surface area contributed by atoms with Crippen molar-refractivity contribution in [1.29, 1.82) is 0 Å². The Balaban J connectivity index is 4.39. The van der Waals surface area contributed by atoms with Crippen molar-refractivity contribution in [2.24, 2.45) is 11.7 Å². The molecule has 0 saturated heterocycles. The topological polar surface area (TPSA) is 130 Å². The number of carbonyl (C=O) groups is 3. The summed E-state index contributed by atoms with van der Waals surface area (Å²) in [5.41, 5.74) is 5.54. The first-order chi connectivity index (χ1) is 7.73. The molecule has 17 heavy (non-hydrogen) atoms. The quantitative estimate of drug-likeness (QED) is 0.474. The van der Waals surface area contributed by atoms with Crippen molar-refractivity contribution in [3.63, 3.8) is 0 Å². The van der Waals surface area contributed by atoms with Gasteiger partial charge in [-0.15, -0.1) is 0 Å². The van der Waals surface area contributed by atoms with Crippen LogP contribution in [0.5, 0.6) is 0 Å². The third-order valence-corrected chi connectivity index (χ3v) is 2.06. The van der Waals surface area contributed by atoms with Crippen LogP contribution in [0.4, 0.5) is 0 Å². The standard InChI is InChI=1S/C10H18N2O5/c1-5(2)3-6(11)9(15)12-7(10(16)17)4-8(13)14/h5-7H,3-4,11H2,1-2H3,(H,12,15)(H,13,14)(H,16,17)/t6-,7?/m1/s1. The van der Waals surface area contributed by atoms with Crippen LogP contribution in [0.25, 0.3) is 0 Å². The maximum atomic E-state index is 11.5. The van der Waals surface area contributed by atoms with Crippen LogP contribution < -0.4 is 11.1 Å². The number of carbonyl (C=O) groups excluding carboxylic acids is 1. The Labute approximate surface area is 99.0 Å². The van der Waals surface area contributed by atoms with Gasteiger partial charge in [-0.2, -0.15) is 0 Å². The molecule has 0 aromatic carbocycles. The average Bonchev–Trinajstić information content (AvgIpc) is 2.14. The van der Waals surface area contributed by atoms with E-state index in [0.29, 0.717) is 6.42 Å². The molecule has 1 amide bonds. The van der Waals surface area contributed by atoms with Gasteiger partial charge in [0.2, 0.25) is 5.91 Å². The molecule has 0 aliphatic carbocycles. The average molecular weight is 246 g/mol. The van der Waals surface area contributed by atoms with E-state index < -0.39 is 36.4 Å². The summed E-state index contributed by atoms with van der Waals surface area (Å²) in [5, 5.41) is 19.3.